The third kappa shape index (κ3) is 4.63. The molecule has 0 saturated carbocycles. The molecule has 0 saturated heterocycles. The first-order chi connectivity index (χ1) is 10.7. The minimum atomic E-state index is -0.223. The highest BCUT2D eigenvalue weighted by molar-refractivity contribution is 5.31. The zero-order valence-electron chi connectivity index (χ0n) is 12.7. The largest absolute Gasteiger partial charge is 0.493 e. The quantitative estimate of drug-likeness (QED) is 0.735. The van der Waals surface area contributed by atoms with Gasteiger partial charge in [0.15, 0.2) is 5.75 Å². The lowest BCUT2D eigenvalue weighted by Gasteiger charge is -2.09. The summed E-state index contributed by atoms with van der Waals surface area (Å²) in [5.74, 6) is 1.18. The highest BCUT2D eigenvalue weighted by atomic mass is 16.5. The lowest BCUT2D eigenvalue weighted by Crippen LogP contribution is -2.11. The van der Waals surface area contributed by atoms with Crippen LogP contribution in [0.4, 0.5) is 0 Å². The second kappa shape index (κ2) is 8.24. The average molecular weight is 303 g/mol. The summed E-state index contributed by atoms with van der Waals surface area (Å²) in [6.45, 7) is 2.90. The summed E-state index contributed by atoms with van der Waals surface area (Å²) in [4.78, 5) is 14.5. The van der Waals surface area contributed by atoms with Crippen LogP contribution in [0.15, 0.2) is 41.3 Å². The van der Waals surface area contributed by atoms with Gasteiger partial charge in [0.1, 0.15) is 5.75 Å². The third-order valence-corrected chi connectivity index (χ3v) is 3.25. The van der Waals surface area contributed by atoms with Crippen LogP contribution in [0.2, 0.25) is 0 Å². The van der Waals surface area contributed by atoms with Gasteiger partial charge >= 0.3 is 0 Å². The fraction of sp³-hybridized carbons (Fsp3) is 0.353. The molecule has 0 radical (unpaired) electrons. The van der Waals surface area contributed by atoms with Gasteiger partial charge in [-0.05, 0) is 31.4 Å². The molecule has 0 aliphatic heterocycles. The lowest BCUT2D eigenvalue weighted by molar-refractivity contribution is 0.262. The van der Waals surface area contributed by atoms with Crippen molar-refractivity contribution in [3.05, 3.63) is 58.0 Å². The fourth-order valence-corrected chi connectivity index (χ4v) is 1.99. The third-order valence-electron chi connectivity index (χ3n) is 3.25. The molecule has 1 aromatic heterocycles. The number of aliphatic hydroxyl groups excluding tert-OH is 1. The van der Waals surface area contributed by atoms with E-state index in [0.717, 1.165) is 24.2 Å². The molecular formula is C17H21NO4. The molecule has 1 heterocycles. The Morgan fingerprint density at radius 1 is 1.09 bits per heavy atom. The Morgan fingerprint density at radius 3 is 2.41 bits per heavy atom. The Kier molecular flexibility index (Phi) is 6.03. The van der Waals surface area contributed by atoms with Crippen molar-refractivity contribution in [3.8, 4) is 11.5 Å². The molecule has 0 aliphatic carbocycles. The van der Waals surface area contributed by atoms with Crippen molar-refractivity contribution in [1.82, 2.24) is 4.98 Å². The van der Waals surface area contributed by atoms with E-state index in [-0.39, 0.29) is 17.8 Å². The van der Waals surface area contributed by atoms with Crippen LogP contribution in [0, 0.1) is 6.92 Å². The van der Waals surface area contributed by atoms with Crippen LogP contribution in [-0.4, -0.2) is 23.3 Å². The van der Waals surface area contributed by atoms with Crippen LogP contribution >= 0.6 is 0 Å². The number of rotatable bonds is 8. The van der Waals surface area contributed by atoms with Crippen LogP contribution in [0.25, 0.3) is 0 Å². The fourth-order valence-electron chi connectivity index (χ4n) is 1.99. The highest BCUT2D eigenvalue weighted by Crippen LogP contribution is 2.16. The first kappa shape index (κ1) is 16.1. The Morgan fingerprint density at radius 2 is 1.77 bits per heavy atom. The van der Waals surface area contributed by atoms with E-state index in [1.807, 2.05) is 31.2 Å². The van der Waals surface area contributed by atoms with Gasteiger partial charge in [-0.3, -0.25) is 4.79 Å². The normalized spacial score (nSPS) is 10.5. The van der Waals surface area contributed by atoms with Crippen molar-refractivity contribution in [3.63, 3.8) is 0 Å². The summed E-state index contributed by atoms with van der Waals surface area (Å²) < 4.78 is 11.1. The lowest BCUT2D eigenvalue weighted by atomic mass is 10.2. The number of unbranched alkanes of at least 4 members (excludes halogenated alkanes) is 1. The zero-order valence-corrected chi connectivity index (χ0v) is 12.7. The molecule has 0 unspecified atom stereocenters. The van der Waals surface area contributed by atoms with Gasteiger partial charge in [-0.15, -0.1) is 0 Å². The molecule has 0 amide bonds. The van der Waals surface area contributed by atoms with Crippen LogP contribution in [0.5, 0.6) is 11.5 Å². The summed E-state index contributed by atoms with van der Waals surface area (Å²) in [5.41, 5.74) is 1.37. The van der Waals surface area contributed by atoms with Gasteiger partial charge in [0.05, 0.1) is 19.8 Å². The number of aliphatic hydroxyl groups is 1. The monoisotopic (exact) mass is 303 g/mol. The first-order valence-corrected chi connectivity index (χ1v) is 7.34. The molecule has 5 nitrogen and oxygen atoms in total. The number of benzene rings is 1. The Bertz CT molecular complexity index is 651. The number of nitrogens with one attached hydrogen (secondary N) is 1. The predicted octanol–water partition coefficient (Wildman–Crippen LogP) is 2.41. The number of hydrogen-bond acceptors (Lipinski definition) is 4. The zero-order chi connectivity index (χ0) is 15.8. The van der Waals surface area contributed by atoms with Crippen molar-refractivity contribution in [1.29, 1.82) is 0 Å². The van der Waals surface area contributed by atoms with E-state index in [1.54, 1.807) is 0 Å². The molecule has 0 bridgehead atoms. The predicted molar refractivity (Wildman–Crippen MR) is 84.4 cm³/mol. The molecule has 0 atom stereocenters. The molecule has 2 rings (SSSR count). The van der Waals surface area contributed by atoms with Gasteiger partial charge in [0.2, 0.25) is 5.43 Å². The smallest absolute Gasteiger partial charge is 0.223 e. The van der Waals surface area contributed by atoms with E-state index < -0.39 is 0 Å². The van der Waals surface area contributed by atoms with Crippen LogP contribution in [0.3, 0.4) is 0 Å². The minimum Gasteiger partial charge on any atom is -0.493 e. The van der Waals surface area contributed by atoms with Crippen molar-refractivity contribution in [2.75, 3.05) is 13.2 Å². The number of aromatic amines is 1. The SMILES string of the molecule is Cc1ccccc1OCCCCOc1c[nH]c(CO)cc1=O. The van der Waals surface area contributed by atoms with E-state index in [4.69, 9.17) is 14.6 Å². The molecule has 1 aromatic carbocycles. The van der Waals surface area contributed by atoms with E-state index in [9.17, 15) is 4.79 Å². The van der Waals surface area contributed by atoms with Crippen LogP contribution in [0.1, 0.15) is 24.1 Å². The van der Waals surface area contributed by atoms with E-state index in [2.05, 4.69) is 4.98 Å². The number of ether oxygens (including phenoxy) is 2. The molecule has 5 heteroatoms. The van der Waals surface area contributed by atoms with Gasteiger partial charge in [-0.2, -0.15) is 0 Å². The standard InChI is InChI=1S/C17H21NO4/c1-13-6-2-3-7-16(13)21-8-4-5-9-22-17-11-18-14(12-19)10-15(17)20/h2-3,6-7,10-11,19H,4-5,8-9,12H2,1H3,(H,18,20). The van der Waals surface area contributed by atoms with Crippen LogP contribution < -0.4 is 14.9 Å². The molecule has 22 heavy (non-hydrogen) atoms. The molecular weight excluding hydrogens is 282 g/mol. The molecule has 2 N–H and O–H groups in total. The van der Waals surface area contributed by atoms with Crippen LogP contribution in [-0.2, 0) is 6.61 Å². The summed E-state index contributed by atoms with van der Waals surface area (Å²) in [7, 11) is 0. The average Bonchev–Trinajstić information content (AvgIpc) is 2.53. The number of para-hydroxylation sites is 1. The van der Waals surface area contributed by atoms with Crippen molar-refractivity contribution >= 4 is 0 Å². The number of H-pyrrole nitrogens is 1. The number of aromatic nitrogens is 1. The number of pyridine rings is 1. The summed E-state index contributed by atoms with van der Waals surface area (Å²) in [6, 6.07) is 9.24. The number of hydrogen-bond donors (Lipinski definition) is 2. The molecule has 0 fully saturated rings. The van der Waals surface area contributed by atoms with Gasteiger partial charge in [0.25, 0.3) is 0 Å². The van der Waals surface area contributed by atoms with Crippen molar-refractivity contribution in [2.45, 2.75) is 26.4 Å². The summed E-state index contributed by atoms with van der Waals surface area (Å²) in [5, 5.41) is 8.91. The van der Waals surface area contributed by atoms with Gasteiger partial charge in [0, 0.05) is 18.0 Å². The van der Waals surface area contributed by atoms with E-state index >= 15 is 0 Å². The second-order valence-corrected chi connectivity index (χ2v) is 5.01. The van der Waals surface area contributed by atoms with E-state index in [1.165, 1.54) is 12.3 Å². The second-order valence-electron chi connectivity index (χ2n) is 5.01. The molecule has 0 spiro atoms. The maximum absolute atomic E-state index is 11.7. The molecule has 0 aliphatic rings. The Hall–Kier alpha value is -2.27. The summed E-state index contributed by atoms with van der Waals surface area (Å²) in [6.07, 6.45) is 3.13. The van der Waals surface area contributed by atoms with Gasteiger partial charge in [-0.1, -0.05) is 18.2 Å². The Balaban J connectivity index is 1.67. The highest BCUT2D eigenvalue weighted by Gasteiger charge is 2.02. The summed E-state index contributed by atoms with van der Waals surface area (Å²) >= 11 is 0. The van der Waals surface area contributed by atoms with E-state index in [0.29, 0.717) is 18.9 Å². The van der Waals surface area contributed by atoms with Gasteiger partial charge in [-0.25, -0.2) is 0 Å². The number of aryl methyl sites for hydroxylation is 1. The molecule has 118 valence electrons. The first-order valence-electron chi connectivity index (χ1n) is 7.34. The maximum Gasteiger partial charge on any atom is 0.223 e. The Labute approximate surface area is 129 Å². The minimum absolute atomic E-state index is 0.189. The molecule has 2 aromatic rings. The topological polar surface area (TPSA) is 71.6 Å². The van der Waals surface area contributed by atoms with Crippen molar-refractivity contribution in [2.24, 2.45) is 0 Å². The maximum atomic E-state index is 11.7. The van der Waals surface area contributed by atoms with Gasteiger partial charge < -0.3 is 19.6 Å². The van der Waals surface area contributed by atoms with Crippen molar-refractivity contribution < 1.29 is 14.6 Å².